The van der Waals surface area contributed by atoms with E-state index in [9.17, 15) is 86.3 Å². The van der Waals surface area contributed by atoms with Crippen LogP contribution < -0.4 is 122 Å². The third kappa shape index (κ3) is 37.4. The summed E-state index contributed by atoms with van der Waals surface area (Å²) in [5.74, 6) is -17.3. The van der Waals surface area contributed by atoms with Gasteiger partial charge in [-0.3, -0.25) is 86.3 Å². The molecule has 0 radical (unpaired) electrons. The van der Waals surface area contributed by atoms with E-state index in [1.807, 2.05) is 0 Å². The highest BCUT2D eigenvalue weighted by molar-refractivity contribution is 6.00. The molecule has 40 nitrogen and oxygen atoms in total. The zero-order valence-electron chi connectivity index (χ0n) is 54.0. The second-order valence-corrected chi connectivity index (χ2v) is 22.6. The van der Waals surface area contributed by atoms with Crippen molar-refractivity contribution in [2.24, 2.45) is 68.8 Å². The van der Waals surface area contributed by atoms with Gasteiger partial charge in [-0.25, -0.2) is 0 Å². The Labute approximate surface area is 553 Å². The van der Waals surface area contributed by atoms with Crippen LogP contribution in [-0.4, -0.2) is 199 Å². The first-order chi connectivity index (χ1) is 45.1. The average molecular weight is 1370 g/mol. The number of Topliss-reactive ketones (excluding diaryl/α,β-unsaturated/α-hetero) is 1. The third-order valence-corrected chi connectivity index (χ3v) is 14.4. The maximum Gasteiger partial charge on any atom is 0.243 e. The summed E-state index contributed by atoms with van der Waals surface area (Å²) in [6.07, 6.45) is -6.61. The molecule has 0 aromatic heterocycles. The quantitative estimate of drug-likeness (QED) is 0.0269. The molecule has 11 atom stereocenters. The van der Waals surface area contributed by atoms with E-state index in [-0.39, 0.29) is 110 Å². The monoisotopic (exact) mass is 1370 g/mol. The molecule has 0 fully saturated rings. The second-order valence-electron chi connectivity index (χ2n) is 22.6. The van der Waals surface area contributed by atoms with Gasteiger partial charge in [-0.1, -0.05) is 0 Å². The molecule has 542 valence electrons. The molecule has 0 heterocycles. The third-order valence-electron chi connectivity index (χ3n) is 14.4. The molecule has 0 bridgehead atoms. The minimum Gasteiger partial charge on any atom is -0.370 e. The zero-order valence-corrected chi connectivity index (χ0v) is 54.0. The minimum atomic E-state index is -1.75. The smallest absolute Gasteiger partial charge is 0.243 e. The Balaban J connectivity index is 7.13. The van der Waals surface area contributed by atoms with Gasteiger partial charge >= 0.3 is 0 Å². The lowest BCUT2D eigenvalue weighted by atomic mass is 10.0. The summed E-state index contributed by atoms with van der Waals surface area (Å²) in [7, 11) is 0. The lowest BCUT2D eigenvalue weighted by Crippen LogP contribution is -2.61. The van der Waals surface area contributed by atoms with Gasteiger partial charge in [0.05, 0.1) is 12.1 Å². The van der Waals surface area contributed by atoms with Crippen molar-refractivity contribution in [3.05, 3.63) is 0 Å². The van der Waals surface area contributed by atoms with Gasteiger partial charge in [-0.05, 0) is 129 Å². The molecule has 96 heavy (non-hydrogen) atoms. The van der Waals surface area contributed by atoms with Crippen molar-refractivity contribution in [2.45, 2.75) is 215 Å². The molecular weight excluding hydrogens is 1270 g/mol. The van der Waals surface area contributed by atoms with Crippen LogP contribution in [0.1, 0.15) is 148 Å². The molecule has 0 saturated heterocycles. The summed E-state index contributed by atoms with van der Waals surface area (Å²) in [5.41, 5.74) is 66.2. The topological polar surface area (TPSA) is 740 Å². The first-order valence-corrected chi connectivity index (χ1v) is 31.2. The molecule has 0 aliphatic carbocycles. The van der Waals surface area contributed by atoms with Gasteiger partial charge < -0.3 is 122 Å². The number of hydrogen-bond acceptors (Lipinski definition) is 23. The molecule has 40 heteroatoms. The normalized spacial score (nSPS) is 14.4. The van der Waals surface area contributed by atoms with Crippen LogP contribution in [0.4, 0.5) is 0 Å². The highest BCUT2D eigenvalue weighted by Crippen LogP contribution is 2.12. The van der Waals surface area contributed by atoms with Gasteiger partial charge in [0.2, 0.25) is 100 Å². The van der Waals surface area contributed by atoms with Crippen LogP contribution in [0.25, 0.3) is 0 Å². The molecule has 0 spiro atoms. The Kier molecular flexibility index (Phi) is 42.7. The minimum absolute atomic E-state index is 0.0193. The highest BCUT2D eigenvalue weighted by atomic mass is 16.2. The van der Waals surface area contributed by atoms with Gasteiger partial charge in [0.25, 0.3) is 0 Å². The molecule has 0 aromatic carbocycles. The summed E-state index contributed by atoms with van der Waals surface area (Å²) >= 11 is 0. The Hall–Kier alpha value is -9.54. The van der Waals surface area contributed by atoms with Gasteiger partial charge in [-0.2, -0.15) is 0 Å². The predicted molar refractivity (Wildman–Crippen MR) is 340 cm³/mol. The fourth-order valence-corrected chi connectivity index (χ4v) is 8.96. The lowest BCUT2D eigenvalue weighted by molar-refractivity contribution is -0.136. The number of nitrogens with one attached hydrogen (secondary N) is 10. The summed E-state index contributed by atoms with van der Waals surface area (Å²) in [6.45, 7) is 0.923. The largest absolute Gasteiger partial charge is 0.370 e. The number of carbonyl (C=O) groups is 18. The van der Waals surface area contributed by atoms with E-state index in [1.54, 1.807) is 0 Å². The van der Waals surface area contributed by atoms with Crippen LogP contribution in [0.2, 0.25) is 0 Å². The second kappa shape index (κ2) is 47.4. The molecule has 0 aliphatic heterocycles. The van der Waals surface area contributed by atoms with Crippen LogP contribution >= 0.6 is 0 Å². The summed E-state index contributed by atoms with van der Waals surface area (Å²) in [4.78, 5) is 234. The fraction of sp³-hybridized carbons (Fsp3) is 0.679. The van der Waals surface area contributed by atoms with Crippen LogP contribution in [0, 0.1) is 0 Å². The maximum absolute atomic E-state index is 14.3. The first kappa shape index (κ1) is 86.5. The number of rotatable bonds is 54. The molecule has 0 rings (SSSR count). The Bertz CT molecular complexity index is 2710. The van der Waals surface area contributed by atoms with E-state index < -0.39 is 230 Å². The zero-order chi connectivity index (χ0) is 73.2. The molecular formula is C56H100N22O18. The molecule has 0 saturated carbocycles. The Morgan fingerprint density at radius 3 is 0.542 bits per heavy atom. The number of hydrogen-bond donors (Lipinski definition) is 22. The van der Waals surface area contributed by atoms with Crippen molar-refractivity contribution in [3.63, 3.8) is 0 Å². The van der Waals surface area contributed by atoms with E-state index >= 15 is 0 Å². The lowest BCUT2D eigenvalue weighted by Gasteiger charge is -2.28. The highest BCUT2D eigenvalue weighted by Gasteiger charge is 2.37. The van der Waals surface area contributed by atoms with Crippen molar-refractivity contribution in [3.8, 4) is 0 Å². The maximum atomic E-state index is 14.3. The molecule has 0 unspecified atom stereocenters. The molecule has 0 aliphatic rings. The summed E-state index contributed by atoms with van der Waals surface area (Å²) in [5, 5.41) is 24.2. The van der Waals surface area contributed by atoms with Crippen molar-refractivity contribution in [1.29, 1.82) is 0 Å². The van der Waals surface area contributed by atoms with E-state index in [4.69, 9.17) is 68.8 Å². The van der Waals surface area contributed by atoms with Gasteiger partial charge in [-0.15, -0.1) is 0 Å². The number of ketones is 1. The van der Waals surface area contributed by atoms with Crippen molar-refractivity contribution >= 4 is 106 Å². The van der Waals surface area contributed by atoms with E-state index in [2.05, 4.69) is 53.2 Å². The van der Waals surface area contributed by atoms with Crippen LogP contribution in [0.5, 0.6) is 0 Å². The summed E-state index contributed by atoms with van der Waals surface area (Å²) < 4.78 is 0. The average Bonchev–Trinajstić information content (AvgIpc) is 1.05. The Morgan fingerprint density at radius 2 is 0.375 bits per heavy atom. The van der Waals surface area contributed by atoms with E-state index in [1.165, 1.54) is 0 Å². The van der Waals surface area contributed by atoms with Gasteiger partial charge in [0, 0.05) is 44.9 Å². The first-order valence-electron chi connectivity index (χ1n) is 31.2. The number of primary amides is 7. The number of carbonyl (C=O) groups excluding carboxylic acids is 18. The molecule has 0 aromatic rings. The Morgan fingerprint density at radius 1 is 0.229 bits per heavy atom. The van der Waals surface area contributed by atoms with Crippen LogP contribution in [0.15, 0.2) is 0 Å². The fourth-order valence-electron chi connectivity index (χ4n) is 8.96. The van der Waals surface area contributed by atoms with Crippen molar-refractivity contribution in [2.75, 3.05) is 26.2 Å². The SMILES string of the molecule is CC(=O)[C@H](CCC(N)=O)NC(=O)[C@H](CCC(N)=O)NC(=O)[C@H](CCCN)NC(=O)[C@H](CCC(N)=O)NC(=O)[C@H](CCCN)NC(=O)[C@H](CCC(N)=O)NC(=O)[C@H](CCCN)NC(=O)[C@H](CCC(N)=O)NC(=O)[C@H](CCCN)NC(=O)[C@H](CCC(N)=O)NC(=O)[C@@H](N)CCC(N)=O. The van der Waals surface area contributed by atoms with Crippen LogP contribution in [0.3, 0.4) is 0 Å². The molecule has 17 amide bonds. The summed E-state index contributed by atoms with van der Waals surface area (Å²) in [6, 6.07) is -17.2. The van der Waals surface area contributed by atoms with Crippen LogP contribution in [-0.2, 0) is 86.3 Å². The van der Waals surface area contributed by atoms with E-state index in [0.29, 0.717) is 0 Å². The standard InChI is InChI=1S/C56H100N22O18/c1-28(79)30(11-18-41(63)81)69-52(92)36(13-20-43(65)83)75-48(88)32(7-3-25-58)72-54(94)38(15-22-45(67)85)77-50(90)34(9-5-27-60)74-56(96)39(16-23-46(68)86)78-51(91)33(8-4-26-59)73-55(95)37(14-21-44(66)84)76-49(89)31(6-2-24-57)71-53(93)35(12-19-42(64)82)70-47(87)29(61)10-17-40(62)80/h29-39H,2-27,57-61H2,1H3,(H2,62,80)(H2,63,81)(H2,64,82)(H2,65,83)(H2,66,84)(H2,67,85)(H2,68,86)(H,69,92)(H,70,87)(H,71,93)(H,72,94)(H,73,95)(H,74,96)(H,75,88)(H,76,89)(H,77,90)(H,78,91)/t29-,30-,31-,32-,33-,34-,35-,36-,37-,38-,39-/m0/s1. The van der Waals surface area contributed by atoms with Crippen molar-refractivity contribution < 1.29 is 86.3 Å². The van der Waals surface area contributed by atoms with Gasteiger partial charge in [0.15, 0.2) is 5.78 Å². The number of amides is 17. The van der Waals surface area contributed by atoms with E-state index in [0.717, 1.165) is 6.92 Å². The van der Waals surface area contributed by atoms with Gasteiger partial charge in [0.1, 0.15) is 54.4 Å². The predicted octanol–water partition coefficient (Wildman–Crippen LogP) is -11.4. The number of nitrogens with two attached hydrogens (primary N) is 12. The molecule has 34 N–H and O–H groups in total. The van der Waals surface area contributed by atoms with Crippen molar-refractivity contribution in [1.82, 2.24) is 53.2 Å².